The number of hydrogen-bond donors (Lipinski definition) is 0. The van der Waals surface area contributed by atoms with Crippen LogP contribution in [0.4, 0.5) is 0 Å². The molecule has 1 rings (SSSR count). The van der Waals surface area contributed by atoms with E-state index in [0.29, 0.717) is 11.0 Å². The van der Waals surface area contributed by atoms with Crippen LogP contribution in [-0.4, -0.2) is 16.8 Å². The van der Waals surface area contributed by atoms with Gasteiger partial charge in [-0.3, -0.25) is 4.79 Å². The molecule has 0 aliphatic heterocycles. The third-order valence-corrected chi connectivity index (χ3v) is 5.69. The van der Waals surface area contributed by atoms with Gasteiger partial charge in [0, 0.05) is 18.1 Å². The number of thioether (sulfide) groups is 1. The van der Waals surface area contributed by atoms with Gasteiger partial charge in [0.2, 0.25) is 0 Å². The highest BCUT2D eigenvalue weighted by atomic mass is 32.2. The number of Topliss-reactive ketones (excluding diaryl/α,β-unsaturated/α-hetero) is 1. The van der Waals surface area contributed by atoms with Crippen LogP contribution in [0.15, 0.2) is 0 Å². The first-order valence-electron chi connectivity index (χ1n) is 8.96. The number of unbranched alkanes of at least 4 members (excludes halogenated alkanes) is 9. The summed E-state index contributed by atoms with van der Waals surface area (Å²) in [6.45, 7) is 2.28. The lowest BCUT2D eigenvalue weighted by Gasteiger charge is -2.19. The lowest BCUT2D eigenvalue weighted by Crippen LogP contribution is -2.17. The zero-order valence-corrected chi connectivity index (χ0v) is 14.3. The van der Waals surface area contributed by atoms with Gasteiger partial charge in [-0.15, -0.1) is 0 Å². The van der Waals surface area contributed by atoms with Gasteiger partial charge < -0.3 is 0 Å². The SMILES string of the molecule is CCCCCCCCCCCCSC1CCCC(=O)C1. The van der Waals surface area contributed by atoms with Crippen LogP contribution >= 0.6 is 11.8 Å². The molecular formula is C18H34OS. The summed E-state index contributed by atoms with van der Waals surface area (Å²) in [5, 5.41) is 0.648. The highest BCUT2D eigenvalue weighted by molar-refractivity contribution is 7.99. The number of rotatable bonds is 12. The second-order valence-corrected chi connectivity index (χ2v) is 7.72. The van der Waals surface area contributed by atoms with Gasteiger partial charge in [0.25, 0.3) is 0 Å². The fourth-order valence-corrected chi connectivity index (χ4v) is 4.31. The molecule has 118 valence electrons. The van der Waals surface area contributed by atoms with Crippen LogP contribution in [0, 0.1) is 0 Å². The van der Waals surface area contributed by atoms with Gasteiger partial charge in [-0.1, -0.05) is 64.7 Å². The molecule has 1 nitrogen and oxygen atoms in total. The molecule has 0 heterocycles. The van der Waals surface area contributed by atoms with E-state index >= 15 is 0 Å². The maximum Gasteiger partial charge on any atom is 0.134 e. The van der Waals surface area contributed by atoms with Crippen molar-refractivity contribution in [1.29, 1.82) is 0 Å². The van der Waals surface area contributed by atoms with Gasteiger partial charge in [-0.2, -0.15) is 11.8 Å². The summed E-state index contributed by atoms with van der Waals surface area (Å²) in [6.07, 6.45) is 18.2. The summed E-state index contributed by atoms with van der Waals surface area (Å²) < 4.78 is 0. The summed E-state index contributed by atoms with van der Waals surface area (Å²) in [6, 6.07) is 0. The Hall–Kier alpha value is 0.0200. The Morgan fingerprint density at radius 2 is 1.55 bits per heavy atom. The molecule has 1 fully saturated rings. The first kappa shape index (κ1) is 18.1. The smallest absolute Gasteiger partial charge is 0.134 e. The van der Waals surface area contributed by atoms with Gasteiger partial charge >= 0.3 is 0 Å². The molecule has 1 saturated carbocycles. The highest BCUT2D eigenvalue weighted by Crippen LogP contribution is 2.27. The molecule has 0 bridgehead atoms. The van der Waals surface area contributed by atoms with Crippen LogP contribution < -0.4 is 0 Å². The van der Waals surface area contributed by atoms with Crippen LogP contribution in [-0.2, 0) is 4.79 Å². The molecule has 0 aromatic carbocycles. The Morgan fingerprint density at radius 1 is 0.950 bits per heavy atom. The average Bonchev–Trinajstić information content (AvgIpc) is 2.45. The molecule has 1 aliphatic carbocycles. The van der Waals surface area contributed by atoms with Gasteiger partial charge in [0.1, 0.15) is 5.78 Å². The molecule has 0 saturated heterocycles. The standard InChI is InChI=1S/C18H34OS/c1-2-3-4-5-6-7-8-9-10-11-15-20-18-14-12-13-17(19)16-18/h18H,2-16H2,1H3. The topological polar surface area (TPSA) is 17.1 Å². The second kappa shape index (κ2) is 12.7. The molecule has 0 aromatic rings. The zero-order chi connectivity index (χ0) is 14.5. The zero-order valence-electron chi connectivity index (χ0n) is 13.5. The first-order chi connectivity index (χ1) is 9.83. The van der Waals surface area contributed by atoms with Crippen LogP contribution in [0.3, 0.4) is 0 Å². The normalized spacial score (nSPS) is 19.4. The summed E-state index contributed by atoms with van der Waals surface area (Å²) in [7, 11) is 0. The molecule has 0 amide bonds. The molecular weight excluding hydrogens is 264 g/mol. The number of carbonyl (C=O) groups is 1. The number of ketones is 1. The summed E-state index contributed by atoms with van der Waals surface area (Å²) in [5.41, 5.74) is 0. The van der Waals surface area contributed by atoms with Gasteiger partial charge in [-0.25, -0.2) is 0 Å². The fraction of sp³-hybridized carbons (Fsp3) is 0.944. The van der Waals surface area contributed by atoms with Crippen molar-refractivity contribution in [3.8, 4) is 0 Å². The monoisotopic (exact) mass is 298 g/mol. The van der Waals surface area contributed by atoms with E-state index in [4.69, 9.17) is 0 Å². The minimum Gasteiger partial charge on any atom is -0.300 e. The Balaban J connectivity index is 1.77. The van der Waals surface area contributed by atoms with E-state index in [1.165, 1.54) is 76.4 Å². The van der Waals surface area contributed by atoms with E-state index in [1.54, 1.807) is 0 Å². The van der Waals surface area contributed by atoms with Crippen molar-refractivity contribution in [2.75, 3.05) is 5.75 Å². The van der Waals surface area contributed by atoms with Gasteiger partial charge in [0.15, 0.2) is 0 Å². The third kappa shape index (κ3) is 9.85. The van der Waals surface area contributed by atoms with E-state index < -0.39 is 0 Å². The average molecular weight is 299 g/mol. The van der Waals surface area contributed by atoms with Crippen molar-refractivity contribution >= 4 is 17.5 Å². The van der Waals surface area contributed by atoms with E-state index in [-0.39, 0.29) is 0 Å². The predicted molar refractivity (Wildman–Crippen MR) is 91.6 cm³/mol. The van der Waals surface area contributed by atoms with Crippen molar-refractivity contribution < 1.29 is 4.79 Å². The molecule has 1 unspecified atom stereocenters. The Kier molecular flexibility index (Phi) is 11.5. The van der Waals surface area contributed by atoms with Gasteiger partial charge in [-0.05, 0) is 25.0 Å². The highest BCUT2D eigenvalue weighted by Gasteiger charge is 2.19. The molecule has 1 aliphatic rings. The van der Waals surface area contributed by atoms with Crippen molar-refractivity contribution in [3.05, 3.63) is 0 Å². The summed E-state index contributed by atoms with van der Waals surface area (Å²) in [5.74, 6) is 1.77. The van der Waals surface area contributed by atoms with Crippen molar-refractivity contribution in [2.24, 2.45) is 0 Å². The third-order valence-electron chi connectivity index (χ3n) is 4.29. The van der Waals surface area contributed by atoms with Crippen LogP contribution in [0.2, 0.25) is 0 Å². The lowest BCUT2D eigenvalue weighted by molar-refractivity contribution is -0.120. The van der Waals surface area contributed by atoms with Crippen LogP contribution in [0.25, 0.3) is 0 Å². The molecule has 1 atom stereocenters. The largest absolute Gasteiger partial charge is 0.300 e. The Morgan fingerprint density at radius 3 is 2.15 bits per heavy atom. The molecule has 0 aromatic heterocycles. The van der Waals surface area contributed by atoms with E-state index in [1.807, 2.05) is 0 Å². The number of hydrogen-bond acceptors (Lipinski definition) is 2. The summed E-state index contributed by atoms with van der Waals surface area (Å²) >= 11 is 2.06. The fourth-order valence-electron chi connectivity index (χ4n) is 2.97. The van der Waals surface area contributed by atoms with E-state index in [2.05, 4.69) is 18.7 Å². The van der Waals surface area contributed by atoms with Crippen LogP contribution in [0.1, 0.15) is 96.8 Å². The Labute approximate surface area is 130 Å². The van der Waals surface area contributed by atoms with Crippen molar-refractivity contribution in [1.82, 2.24) is 0 Å². The molecule has 0 radical (unpaired) electrons. The molecule has 0 N–H and O–H groups in total. The van der Waals surface area contributed by atoms with E-state index in [9.17, 15) is 4.79 Å². The molecule has 0 spiro atoms. The van der Waals surface area contributed by atoms with Crippen molar-refractivity contribution in [2.45, 2.75) is 102 Å². The van der Waals surface area contributed by atoms with Gasteiger partial charge in [0.05, 0.1) is 0 Å². The predicted octanol–water partition coefficient (Wildman–Crippen LogP) is 6.15. The van der Waals surface area contributed by atoms with Crippen LogP contribution in [0.5, 0.6) is 0 Å². The minimum absolute atomic E-state index is 0.497. The molecule has 2 heteroatoms. The maximum absolute atomic E-state index is 11.4. The van der Waals surface area contributed by atoms with Crippen molar-refractivity contribution in [3.63, 3.8) is 0 Å². The maximum atomic E-state index is 11.4. The summed E-state index contributed by atoms with van der Waals surface area (Å²) in [4.78, 5) is 11.4. The quantitative estimate of drug-likeness (QED) is 0.402. The second-order valence-electron chi connectivity index (χ2n) is 6.31. The Bertz CT molecular complexity index is 240. The minimum atomic E-state index is 0.497. The first-order valence-corrected chi connectivity index (χ1v) is 10.0. The molecule has 20 heavy (non-hydrogen) atoms. The number of carbonyl (C=O) groups excluding carboxylic acids is 1. The lowest BCUT2D eigenvalue weighted by atomic mass is 9.99. The van der Waals surface area contributed by atoms with E-state index in [0.717, 1.165) is 19.3 Å².